The molecule has 100 valence electrons. The van der Waals surface area contributed by atoms with Gasteiger partial charge in [0.25, 0.3) is 0 Å². The molecule has 0 atom stereocenters. The maximum Gasteiger partial charge on any atom is 0.319 e. The summed E-state index contributed by atoms with van der Waals surface area (Å²) in [7, 11) is 0. The minimum absolute atomic E-state index is 0.290. The first kappa shape index (κ1) is 15.3. The number of carbonyl (C=O) groups is 1. The highest BCUT2D eigenvalue weighted by atomic mass is 79.9. The van der Waals surface area contributed by atoms with Gasteiger partial charge in [-0.2, -0.15) is 0 Å². The van der Waals surface area contributed by atoms with Gasteiger partial charge in [-0.05, 0) is 31.5 Å². The van der Waals surface area contributed by atoms with Crippen molar-refractivity contribution in [2.45, 2.75) is 13.8 Å². The summed E-state index contributed by atoms with van der Waals surface area (Å²) in [5.74, 6) is 0. The summed E-state index contributed by atoms with van der Waals surface area (Å²) >= 11 is 9.41. The van der Waals surface area contributed by atoms with Gasteiger partial charge in [-0.1, -0.05) is 27.5 Å². The molecule has 6 heteroatoms. The second-order valence-corrected chi connectivity index (χ2v) is 4.98. The van der Waals surface area contributed by atoms with Gasteiger partial charge in [0, 0.05) is 17.6 Å². The summed E-state index contributed by atoms with van der Waals surface area (Å²) in [5, 5.41) is 5.92. The van der Waals surface area contributed by atoms with Crippen LogP contribution >= 0.6 is 27.5 Å². The number of hydrogen-bond donors (Lipinski definition) is 2. The Kier molecular flexibility index (Phi) is 6.46. The minimum Gasteiger partial charge on any atom is -0.380 e. The second kappa shape index (κ2) is 7.61. The van der Waals surface area contributed by atoms with E-state index in [9.17, 15) is 4.79 Å². The molecular weight excluding hydrogens is 320 g/mol. The Hall–Kier alpha value is -0.780. The first-order valence-corrected chi connectivity index (χ1v) is 6.80. The van der Waals surface area contributed by atoms with Gasteiger partial charge in [0.05, 0.1) is 17.3 Å². The summed E-state index contributed by atoms with van der Waals surface area (Å²) in [6, 6.07) is 3.34. The summed E-state index contributed by atoms with van der Waals surface area (Å²) < 4.78 is 6.00. The molecule has 0 aliphatic carbocycles. The predicted molar refractivity (Wildman–Crippen MR) is 77.4 cm³/mol. The molecule has 2 N–H and O–H groups in total. The van der Waals surface area contributed by atoms with Crippen molar-refractivity contribution in [1.82, 2.24) is 5.32 Å². The molecule has 0 spiro atoms. The van der Waals surface area contributed by atoms with Crippen molar-refractivity contribution in [3.05, 3.63) is 27.2 Å². The Balaban J connectivity index is 2.54. The Morgan fingerprint density at radius 2 is 2.22 bits per heavy atom. The van der Waals surface area contributed by atoms with Crippen LogP contribution in [0.4, 0.5) is 10.5 Å². The fraction of sp³-hybridized carbons (Fsp3) is 0.417. The zero-order valence-corrected chi connectivity index (χ0v) is 12.7. The van der Waals surface area contributed by atoms with Gasteiger partial charge in [0.15, 0.2) is 0 Å². The van der Waals surface area contributed by atoms with Gasteiger partial charge in [0.2, 0.25) is 0 Å². The maximum absolute atomic E-state index is 11.6. The molecule has 18 heavy (non-hydrogen) atoms. The lowest BCUT2D eigenvalue weighted by atomic mass is 10.2. The minimum atomic E-state index is -0.290. The number of rotatable bonds is 5. The molecule has 1 rings (SSSR count). The molecule has 4 nitrogen and oxygen atoms in total. The third-order valence-corrected chi connectivity index (χ3v) is 2.98. The van der Waals surface area contributed by atoms with Crippen molar-refractivity contribution in [2.24, 2.45) is 0 Å². The standard InChI is InChI=1S/C12H16BrClN2O2/c1-3-18-5-4-15-12(17)16-11-8(2)6-9(13)7-10(11)14/h6-7H,3-5H2,1-2H3,(H2,15,16,17). The Morgan fingerprint density at radius 3 is 2.83 bits per heavy atom. The van der Waals surface area contributed by atoms with Crippen LogP contribution in [0.3, 0.4) is 0 Å². The molecule has 0 radical (unpaired) electrons. The molecule has 0 saturated carbocycles. The van der Waals surface area contributed by atoms with Crippen molar-refractivity contribution in [2.75, 3.05) is 25.1 Å². The number of hydrogen-bond acceptors (Lipinski definition) is 2. The lowest BCUT2D eigenvalue weighted by molar-refractivity contribution is 0.150. The highest BCUT2D eigenvalue weighted by molar-refractivity contribution is 9.10. The van der Waals surface area contributed by atoms with Crippen molar-refractivity contribution in [1.29, 1.82) is 0 Å². The highest BCUT2D eigenvalue weighted by Gasteiger charge is 2.09. The molecule has 0 fully saturated rings. The number of ether oxygens (including phenoxy) is 1. The number of nitrogens with one attached hydrogen (secondary N) is 2. The van der Waals surface area contributed by atoms with Crippen LogP contribution in [0, 0.1) is 6.92 Å². The largest absolute Gasteiger partial charge is 0.380 e. The van der Waals surface area contributed by atoms with Crippen LogP contribution in [0.1, 0.15) is 12.5 Å². The summed E-state index contributed by atoms with van der Waals surface area (Å²) in [6.07, 6.45) is 0. The van der Waals surface area contributed by atoms with Gasteiger partial charge in [-0.25, -0.2) is 4.79 Å². The zero-order valence-electron chi connectivity index (χ0n) is 10.3. The number of aryl methyl sites for hydroxylation is 1. The van der Waals surface area contributed by atoms with E-state index in [2.05, 4.69) is 26.6 Å². The molecule has 0 aromatic heterocycles. The van der Waals surface area contributed by atoms with Gasteiger partial charge >= 0.3 is 6.03 Å². The van der Waals surface area contributed by atoms with Gasteiger partial charge in [0.1, 0.15) is 0 Å². The predicted octanol–water partition coefficient (Wildman–Crippen LogP) is 3.57. The van der Waals surface area contributed by atoms with E-state index >= 15 is 0 Å². The molecule has 1 aromatic carbocycles. The van der Waals surface area contributed by atoms with Crippen molar-refractivity contribution < 1.29 is 9.53 Å². The highest BCUT2D eigenvalue weighted by Crippen LogP contribution is 2.29. The van der Waals surface area contributed by atoms with E-state index in [0.717, 1.165) is 10.0 Å². The van der Waals surface area contributed by atoms with Crippen LogP contribution in [0.5, 0.6) is 0 Å². The van der Waals surface area contributed by atoms with E-state index < -0.39 is 0 Å². The number of halogens is 2. The third kappa shape index (κ3) is 4.84. The average Bonchev–Trinajstić information content (AvgIpc) is 2.29. The Labute approximate surface area is 120 Å². The first-order valence-electron chi connectivity index (χ1n) is 5.62. The second-order valence-electron chi connectivity index (χ2n) is 3.66. The normalized spacial score (nSPS) is 10.2. The zero-order chi connectivity index (χ0) is 13.5. The molecular formula is C12H16BrClN2O2. The van der Waals surface area contributed by atoms with Crippen LogP contribution in [0.15, 0.2) is 16.6 Å². The van der Waals surface area contributed by atoms with Crippen LogP contribution in [-0.4, -0.2) is 25.8 Å². The summed E-state index contributed by atoms with van der Waals surface area (Å²) in [6.45, 7) is 5.39. The fourth-order valence-corrected chi connectivity index (χ4v) is 2.42. The monoisotopic (exact) mass is 334 g/mol. The van der Waals surface area contributed by atoms with Crippen LogP contribution in [0.2, 0.25) is 5.02 Å². The van der Waals surface area contributed by atoms with E-state index in [4.69, 9.17) is 16.3 Å². The first-order chi connectivity index (χ1) is 8.54. The van der Waals surface area contributed by atoms with E-state index in [-0.39, 0.29) is 6.03 Å². The van der Waals surface area contributed by atoms with Crippen molar-refractivity contribution in [3.8, 4) is 0 Å². The summed E-state index contributed by atoms with van der Waals surface area (Å²) in [4.78, 5) is 11.6. The Morgan fingerprint density at radius 1 is 1.50 bits per heavy atom. The number of carbonyl (C=O) groups excluding carboxylic acids is 1. The van der Waals surface area contributed by atoms with Gasteiger partial charge in [-0.3, -0.25) is 0 Å². The van der Waals surface area contributed by atoms with Gasteiger partial charge in [-0.15, -0.1) is 0 Å². The number of anilines is 1. The van der Waals surface area contributed by atoms with Crippen LogP contribution in [-0.2, 0) is 4.74 Å². The van der Waals surface area contributed by atoms with Gasteiger partial charge < -0.3 is 15.4 Å². The summed E-state index contributed by atoms with van der Waals surface area (Å²) in [5.41, 5.74) is 1.52. The molecule has 0 unspecified atom stereocenters. The van der Waals surface area contributed by atoms with Crippen molar-refractivity contribution in [3.63, 3.8) is 0 Å². The number of urea groups is 1. The molecule has 2 amide bonds. The average molecular weight is 336 g/mol. The molecule has 0 heterocycles. The SMILES string of the molecule is CCOCCNC(=O)Nc1c(C)cc(Br)cc1Cl. The van der Waals surface area contributed by atoms with E-state index in [0.29, 0.717) is 30.5 Å². The third-order valence-electron chi connectivity index (χ3n) is 2.23. The van der Waals surface area contributed by atoms with E-state index in [1.54, 1.807) is 6.07 Å². The molecule has 0 aliphatic heterocycles. The van der Waals surface area contributed by atoms with Crippen LogP contribution in [0.25, 0.3) is 0 Å². The Bertz CT molecular complexity index is 404. The lowest BCUT2D eigenvalue weighted by Gasteiger charge is -2.12. The topological polar surface area (TPSA) is 50.4 Å². The lowest BCUT2D eigenvalue weighted by Crippen LogP contribution is -2.31. The van der Waals surface area contributed by atoms with E-state index in [1.807, 2.05) is 19.9 Å². The quantitative estimate of drug-likeness (QED) is 0.808. The maximum atomic E-state index is 11.6. The molecule has 0 aliphatic rings. The fourth-order valence-electron chi connectivity index (χ4n) is 1.40. The molecule has 0 saturated heterocycles. The smallest absolute Gasteiger partial charge is 0.319 e. The molecule has 0 bridgehead atoms. The number of benzene rings is 1. The van der Waals surface area contributed by atoms with E-state index in [1.165, 1.54) is 0 Å². The number of amides is 2. The molecule has 1 aromatic rings. The van der Waals surface area contributed by atoms with Crippen molar-refractivity contribution >= 4 is 39.2 Å². The van der Waals surface area contributed by atoms with Crippen LogP contribution < -0.4 is 10.6 Å².